The number of fused-ring (bicyclic) bond motifs is 1. The van der Waals surface area contributed by atoms with Crippen LogP contribution in [0.5, 0.6) is 0 Å². The second-order valence-corrected chi connectivity index (χ2v) is 7.27. The van der Waals surface area contributed by atoms with E-state index in [1.807, 2.05) is 32.0 Å². The highest BCUT2D eigenvalue weighted by molar-refractivity contribution is 5.91. The molecule has 0 saturated heterocycles. The number of nitrogens with zero attached hydrogens (tertiary/aromatic N) is 4. The highest BCUT2D eigenvalue weighted by atomic mass is 19.1. The van der Waals surface area contributed by atoms with Gasteiger partial charge >= 0.3 is 0 Å². The third-order valence-electron chi connectivity index (χ3n) is 4.74. The molecule has 0 radical (unpaired) electrons. The van der Waals surface area contributed by atoms with E-state index >= 15 is 0 Å². The molecule has 0 unspecified atom stereocenters. The molecule has 2 aromatic carbocycles. The summed E-state index contributed by atoms with van der Waals surface area (Å²) in [6.07, 6.45) is 1.54. The molecule has 1 N–H and O–H groups in total. The minimum Gasteiger partial charge on any atom is -0.324 e. The largest absolute Gasteiger partial charge is 0.324 e. The molecule has 0 saturated carbocycles. The van der Waals surface area contributed by atoms with Gasteiger partial charge in [-0.3, -0.25) is 9.59 Å². The van der Waals surface area contributed by atoms with Crippen molar-refractivity contribution in [2.24, 2.45) is 0 Å². The van der Waals surface area contributed by atoms with E-state index in [-0.39, 0.29) is 23.8 Å². The molecular weight excluding hydrogens is 385 g/mol. The van der Waals surface area contributed by atoms with Gasteiger partial charge in [-0.2, -0.15) is 10.2 Å². The fourth-order valence-corrected chi connectivity index (χ4v) is 3.49. The molecule has 0 fully saturated rings. The van der Waals surface area contributed by atoms with Gasteiger partial charge in [-0.15, -0.1) is 0 Å². The Balaban J connectivity index is 1.70. The van der Waals surface area contributed by atoms with Crippen LogP contribution in [0.3, 0.4) is 0 Å². The number of aryl methyl sites for hydroxylation is 3. The minimum absolute atomic E-state index is 0.239. The van der Waals surface area contributed by atoms with Gasteiger partial charge in [-0.1, -0.05) is 6.07 Å². The number of carbonyl (C=O) groups excluding carboxylic acids is 1. The smallest absolute Gasteiger partial charge is 0.293 e. The lowest BCUT2D eigenvalue weighted by Crippen LogP contribution is -2.31. The average Bonchev–Trinajstić information content (AvgIpc) is 3.11. The van der Waals surface area contributed by atoms with E-state index in [4.69, 9.17) is 0 Å². The summed E-state index contributed by atoms with van der Waals surface area (Å²) in [6, 6.07) is 11.4. The Hall–Kier alpha value is -3.81. The van der Waals surface area contributed by atoms with Crippen LogP contribution in [0, 0.1) is 26.6 Å². The number of amides is 1. The molecule has 30 heavy (non-hydrogen) atoms. The SMILES string of the molecule is Cc1cc(C)cc(NC(=O)Cn2nc(C)c3cnn(-c4ccc(F)cc4)c3c2=O)c1. The van der Waals surface area contributed by atoms with Gasteiger partial charge in [0.25, 0.3) is 5.56 Å². The molecule has 2 heterocycles. The average molecular weight is 405 g/mol. The second-order valence-electron chi connectivity index (χ2n) is 7.27. The van der Waals surface area contributed by atoms with Crippen molar-refractivity contribution in [3.63, 3.8) is 0 Å². The first kappa shape index (κ1) is 19.5. The summed E-state index contributed by atoms with van der Waals surface area (Å²) < 4.78 is 15.8. The molecule has 0 bridgehead atoms. The topological polar surface area (TPSA) is 81.8 Å². The van der Waals surface area contributed by atoms with E-state index in [0.717, 1.165) is 15.8 Å². The predicted molar refractivity (Wildman–Crippen MR) is 112 cm³/mol. The van der Waals surface area contributed by atoms with E-state index in [9.17, 15) is 14.0 Å². The first-order valence-electron chi connectivity index (χ1n) is 9.41. The maximum Gasteiger partial charge on any atom is 0.293 e. The van der Waals surface area contributed by atoms with Crippen molar-refractivity contribution in [2.75, 3.05) is 5.32 Å². The number of hydrogen-bond acceptors (Lipinski definition) is 4. The van der Waals surface area contributed by atoms with Crippen LogP contribution in [0.2, 0.25) is 0 Å². The molecule has 1 amide bonds. The summed E-state index contributed by atoms with van der Waals surface area (Å²) in [5.41, 5.74) is 3.67. The Morgan fingerprint density at radius 1 is 1.07 bits per heavy atom. The van der Waals surface area contributed by atoms with E-state index < -0.39 is 5.56 Å². The Morgan fingerprint density at radius 3 is 2.40 bits per heavy atom. The Bertz CT molecular complexity index is 1300. The molecule has 0 spiro atoms. The number of aromatic nitrogens is 4. The van der Waals surface area contributed by atoms with Crippen molar-refractivity contribution in [1.82, 2.24) is 19.6 Å². The van der Waals surface area contributed by atoms with Crippen molar-refractivity contribution in [3.8, 4) is 5.69 Å². The van der Waals surface area contributed by atoms with Crippen molar-refractivity contribution in [3.05, 3.63) is 81.7 Å². The molecule has 2 aromatic heterocycles. The summed E-state index contributed by atoms with van der Waals surface area (Å²) in [6.45, 7) is 5.40. The van der Waals surface area contributed by atoms with E-state index in [1.165, 1.54) is 28.9 Å². The van der Waals surface area contributed by atoms with Crippen LogP contribution in [-0.4, -0.2) is 25.5 Å². The van der Waals surface area contributed by atoms with Crippen LogP contribution < -0.4 is 10.9 Å². The third kappa shape index (κ3) is 3.71. The van der Waals surface area contributed by atoms with Gasteiger partial charge in [0.2, 0.25) is 5.91 Å². The van der Waals surface area contributed by atoms with Crippen LogP contribution in [-0.2, 0) is 11.3 Å². The zero-order valence-corrected chi connectivity index (χ0v) is 16.8. The molecule has 0 aliphatic rings. The van der Waals surface area contributed by atoms with Crippen molar-refractivity contribution < 1.29 is 9.18 Å². The first-order valence-corrected chi connectivity index (χ1v) is 9.41. The van der Waals surface area contributed by atoms with E-state index in [0.29, 0.717) is 22.5 Å². The van der Waals surface area contributed by atoms with Crippen molar-refractivity contribution in [1.29, 1.82) is 0 Å². The first-order chi connectivity index (χ1) is 14.3. The zero-order chi connectivity index (χ0) is 21.4. The predicted octanol–water partition coefficient (Wildman–Crippen LogP) is 3.29. The number of halogens is 1. The third-order valence-corrected chi connectivity index (χ3v) is 4.74. The molecule has 8 heteroatoms. The highest BCUT2D eigenvalue weighted by Gasteiger charge is 2.17. The van der Waals surface area contributed by atoms with Crippen LogP contribution in [0.4, 0.5) is 10.1 Å². The number of anilines is 1. The fourth-order valence-electron chi connectivity index (χ4n) is 3.49. The van der Waals surface area contributed by atoms with E-state index in [1.54, 1.807) is 13.1 Å². The number of nitrogens with one attached hydrogen (secondary N) is 1. The Kier molecular flexibility index (Phi) is 4.91. The molecule has 0 aliphatic heterocycles. The highest BCUT2D eigenvalue weighted by Crippen LogP contribution is 2.18. The standard InChI is InChI=1S/C22H20FN5O2/c1-13-8-14(2)10-17(9-13)25-20(29)12-27-22(30)21-19(15(3)26-27)11-24-28(21)18-6-4-16(23)5-7-18/h4-11H,12H2,1-3H3,(H,25,29). The van der Waals surface area contributed by atoms with Gasteiger partial charge in [0.05, 0.1) is 17.6 Å². The van der Waals surface area contributed by atoms with Crippen molar-refractivity contribution >= 4 is 22.5 Å². The summed E-state index contributed by atoms with van der Waals surface area (Å²) in [7, 11) is 0. The summed E-state index contributed by atoms with van der Waals surface area (Å²) in [5, 5.41) is 11.9. The molecule has 0 atom stereocenters. The minimum atomic E-state index is -0.451. The normalized spacial score (nSPS) is 11.1. The fraction of sp³-hybridized carbons (Fsp3) is 0.182. The number of rotatable bonds is 4. The van der Waals surface area contributed by atoms with Gasteiger partial charge in [0.1, 0.15) is 17.9 Å². The Morgan fingerprint density at radius 2 is 1.73 bits per heavy atom. The van der Waals surface area contributed by atoms with Gasteiger partial charge in [0.15, 0.2) is 0 Å². The van der Waals surface area contributed by atoms with Crippen LogP contribution in [0.25, 0.3) is 16.6 Å². The van der Waals surface area contributed by atoms with Crippen molar-refractivity contribution in [2.45, 2.75) is 27.3 Å². The molecule has 7 nitrogen and oxygen atoms in total. The molecule has 152 valence electrons. The lowest BCUT2D eigenvalue weighted by molar-refractivity contribution is -0.117. The second kappa shape index (κ2) is 7.55. The lowest BCUT2D eigenvalue weighted by Gasteiger charge is -2.10. The van der Waals surface area contributed by atoms with Crippen LogP contribution >= 0.6 is 0 Å². The number of hydrogen-bond donors (Lipinski definition) is 1. The summed E-state index contributed by atoms with van der Waals surface area (Å²) >= 11 is 0. The molecule has 4 aromatic rings. The summed E-state index contributed by atoms with van der Waals surface area (Å²) in [5.74, 6) is -0.741. The molecule has 4 rings (SSSR count). The maximum absolute atomic E-state index is 13.3. The Labute approximate surface area is 171 Å². The summed E-state index contributed by atoms with van der Waals surface area (Å²) in [4.78, 5) is 25.6. The quantitative estimate of drug-likeness (QED) is 0.565. The zero-order valence-electron chi connectivity index (χ0n) is 16.8. The van der Waals surface area contributed by atoms with Gasteiger partial charge < -0.3 is 5.32 Å². The van der Waals surface area contributed by atoms with Crippen LogP contribution in [0.15, 0.2) is 53.5 Å². The van der Waals surface area contributed by atoms with Gasteiger partial charge in [0, 0.05) is 11.1 Å². The van der Waals surface area contributed by atoms with Crippen LogP contribution in [0.1, 0.15) is 16.8 Å². The maximum atomic E-state index is 13.3. The number of benzene rings is 2. The monoisotopic (exact) mass is 405 g/mol. The molecule has 0 aliphatic carbocycles. The lowest BCUT2D eigenvalue weighted by atomic mass is 10.1. The molecular formula is C22H20FN5O2. The van der Waals surface area contributed by atoms with Gasteiger partial charge in [-0.05, 0) is 68.3 Å². The van der Waals surface area contributed by atoms with Gasteiger partial charge in [-0.25, -0.2) is 13.8 Å². The van der Waals surface area contributed by atoms with E-state index in [2.05, 4.69) is 15.5 Å². The number of carbonyl (C=O) groups is 1.